The molecule has 0 atom stereocenters. The van der Waals surface area contributed by atoms with Gasteiger partial charge in [-0.1, -0.05) is 6.92 Å². The monoisotopic (exact) mass is 280 g/mol. The number of aliphatic hydroxyl groups is 1. The summed E-state index contributed by atoms with van der Waals surface area (Å²) in [5.74, 6) is 0.190. The lowest BCUT2D eigenvalue weighted by molar-refractivity contribution is -0.142. The van der Waals surface area contributed by atoms with E-state index >= 15 is 0 Å². The normalized spacial score (nSPS) is 21.9. The smallest absolute Gasteiger partial charge is 0.237 e. The maximum absolute atomic E-state index is 12.2. The molecule has 0 bridgehead atoms. The molecule has 4 nitrogen and oxygen atoms in total. The molecular weight excluding hydrogens is 260 g/mol. The molecule has 2 aliphatic heterocycles. The number of thiophene rings is 1. The summed E-state index contributed by atoms with van der Waals surface area (Å²) in [4.78, 5) is 17.6. The van der Waals surface area contributed by atoms with Crippen molar-refractivity contribution in [1.82, 2.24) is 9.80 Å². The van der Waals surface area contributed by atoms with Crippen LogP contribution in [0, 0.1) is 0 Å². The highest BCUT2D eigenvalue weighted by atomic mass is 32.1. The third-order valence-corrected chi connectivity index (χ3v) is 5.24. The second-order valence-corrected chi connectivity index (χ2v) is 6.66. The zero-order chi connectivity index (χ0) is 13.5. The molecule has 19 heavy (non-hydrogen) atoms. The van der Waals surface area contributed by atoms with E-state index in [-0.39, 0.29) is 5.91 Å². The van der Waals surface area contributed by atoms with Crippen LogP contribution in [-0.2, 0) is 17.8 Å². The molecule has 3 rings (SSSR count). The van der Waals surface area contributed by atoms with Gasteiger partial charge in [-0.05, 0) is 29.9 Å². The topological polar surface area (TPSA) is 43.8 Å². The van der Waals surface area contributed by atoms with E-state index in [1.54, 1.807) is 11.3 Å². The molecule has 1 aromatic rings. The first kappa shape index (κ1) is 13.1. The van der Waals surface area contributed by atoms with Crippen LogP contribution in [0.5, 0.6) is 0 Å². The number of rotatable bonds is 3. The molecule has 1 N–H and O–H groups in total. The van der Waals surface area contributed by atoms with E-state index in [2.05, 4.69) is 11.4 Å². The average Bonchev–Trinajstić information content (AvgIpc) is 2.83. The van der Waals surface area contributed by atoms with E-state index in [9.17, 15) is 9.90 Å². The van der Waals surface area contributed by atoms with Crippen molar-refractivity contribution < 1.29 is 9.90 Å². The third-order valence-electron chi connectivity index (χ3n) is 4.21. The Kier molecular flexibility index (Phi) is 3.37. The largest absolute Gasteiger partial charge is 0.387 e. The number of carbonyl (C=O) groups excluding carboxylic acids is 1. The number of nitrogens with zero attached hydrogens (tertiary/aromatic N) is 2. The molecule has 1 aromatic heterocycles. The van der Waals surface area contributed by atoms with Crippen molar-refractivity contribution in [2.45, 2.75) is 31.9 Å². The fraction of sp³-hybridized carbons (Fsp3) is 0.643. The average molecular weight is 280 g/mol. The summed E-state index contributed by atoms with van der Waals surface area (Å²) in [7, 11) is 0. The van der Waals surface area contributed by atoms with Gasteiger partial charge in [-0.2, -0.15) is 0 Å². The Balaban J connectivity index is 1.53. The second kappa shape index (κ2) is 4.89. The molecule has 1 saturated heterocycles. The van der Waals surface area contributed by atoms with Crippen molar-refractivity contribution in [3.63, 3.8) is 0 Å². The first-order chi connectivity index (χ1) is 9.09. The maximum Gasteiger partial charge on any atom is 0.237 e. The van der Waals surface area contributed by atoms with E-state index in [0.29, 0.717) is 19.6 Å². The zero-order valence-electron chi connectivity index (χ0n) is 11.3. The lowest BCUT2D eigenvalue weighted by atomic mass is 9.91. The molecule has 0 saturated carbocycles. The highest BCUT2D eigenvalue weighted by Gasteiger charge is 2.40. The van der Waals surface area contributed by atoms with Crippen LogP contribution in [0.3, 0.4) is 0 Å². The molecule has 1 fully saturated rings. The summed E-state index contributed by atoms with van der Waals surface area (Å²) in [6.07, 6.45) is 1.75. The minimum Gasteiger partial charge on any atom is -0.387 e. The summed E-state index contributed by atoms with van der Waals surface area (Å²) >= 11 is 1.79. The van der Waals surface area contributed by atoms with Crippen molar-refractivity contribution in [3.8, 4) is 0 Å². The maximum atomic E-state index is 12.2. The molecule has 3 heterocycles. The molecular formula is C14H20N2O2S. The van der Waals surface area contributed by atoms with Gasteiger partial charge in [0.05, 0.1) is 12.1 Å². The Bertz CT molecular complexity index is 480. The van der Waals surface area contributed by atoms with Gasteiger partial charge in [0.1, 0.15) is 0 Å². The summed E-state index contributed by atoms with van der Waals surface area (Å²) in [5.41, 5.74) is 0.751. The lowest BCUT2D eigenvalue weighted by Crippen LogP contribution is -2.63. The molecule has 0 aromatic carbocycles. The summed E-state index contributed by atoms with van der Waals surface area (Å²) in [6, 6.07) is 2.12. The van der Waals surface area contributed by atoms with Crippen LogP contribution < -0.4 is 0 Å². The van der Waals surface area contributed by atoms with Gasteiger partial charge in [-0.15, -0.1) is 11.3 Å². The predicted octanol–water partition coefficient (Wildman–Crippen LogP) is 1.09. The van der Waals surface area contributed by atoms with E-state index in [1.165, 1.54) is 10.4 Å². The van der Waals surface area contributed by atoms with Crippen molar-refractivity contribution in [2.24, 2.45) is 0 Å². The molecule has 1 amide bonds. The van der Waals surface area contributed by atoms with Gasteiger partial charge in [0, 0.05) is 31.1 Å². The number of fused-ring (bicyclic) bond motifs is 1. The number of β-amino-alcohol motifs (C(OH)–C–C–N with tert-alkyl or cyclic N) is 1. The summed E-state index contributed by atoms with van der Waals surface area (Å²) < 4.78 is 0. The fourth-order valence-corrected chi connectivity index (χ4v) is 3.76. The van der Waals surface area contributed by atoms with E-state index in [1.807, 2.05) is 16.7 Å². The number of carbonyl (C=O) groups is 1. The van der Waals surface area contributed by atoms with Crippen LogP contribution in [0.1, 0.15) is 23.8 Å². The van der Waals surface area contributed by atoms with E-state index < -0.39 is 5.60 Å². The van der Waals surface area contributed by atoms with Gasteiger partial charge >= 0.3 is 0 Å². The Hall–Kier alpha value is -0.910. The van der Waals surface area contributed by atoms with Gasteiger partial charge in [-0.25, -0.2) is 0 Å². The Morgan fingerprint density at radius 3 is 3.05 bits per heavy atom. The summed E-state index contributed by atoms with van der Waals surface area (Å²) in [5, 5.41) is 12.1. The van der Waals surface area contributed by atoms with Gasteiger partial charge in [0.2, 0.25) is 5.91 Å². The number of likely N-dealkylation sites (tertiary alicyclic amines) is 1. The lowest BCUT2D eigenvalue weighted by Gasteiger charge is -2.46. The highest BCUT2D eigenvalue weighted by molar-refractivity contribution is 7.10. The van der Waals surface area contributed by atoms with Crippen LogP contribution in [0.15, 0.2) is 11.4 Å². The molecule has 2 aliphatic rings. The molecule has 5 heteroatoms. The van der Waals surface area contributed by atoms with E-state index in [4.69, 9.17) is 0 Å². The minimum atomic E-state index is -0.553. The van der Waals surface area contributed by atoms with E-state index in [0.717, 1.165) is 25.9 Å². The number of hydrogen-bond donors (Lipinski definition) is 1. The second-order valence-electron chi connectivity index (χ2n) is 5.66. The van der Waals surface area contributed by atoms with Crippen molar-refractivity contribution in [3.05, 3.63) is 21.9 Å². The van der Waals surface area contributed by atoms with Gasteiger partial charge in [-0.3, -0.25) is 9.69 Å². The standard InChI is InChI=1S/C14H20N2O2S/c1-2-14(18)9-15(10-14)8-13(17)16-5-3-12-11(7-16)4-6-19-12/h4,6,18H,2-3,5,7-10H2,1H3. The Labute approximate surface area is 117 Å². The Morgan fingerprint density at radius 1 is 1.53 bits per heavy atom. The molecule has 104 valence electrons. The Morgan fingerprint density at radius 2 is 2.32 bits per heavy atom. The molecule has 0 radical (unpaired) electrons. The molecule has 0 aliphatic carbocycles. The number of hydrogen-bond acceptors (Lipinski definition) is 4. The van der Waals surface area contributed by atoms with Gasteiger partial charge in [0.15, 0.2) is 0 Å². The van der Waals surface area contributed by atoms with Crippen LogP contribution in [-0.4, -0.2) is 52.6 Å². The highest BCUT2D eigenvalue weighted by Crippen LogP contribution is 2.26. The summed E-state index contributed by atoms with van der Waals surface area (Å²) in [6.45, 7) is 5.28. The zero-order valence-corrected chi connectivity index (χ0v) is 12.1. The SMILES string of the molecule is CCC1(O)CN(CC(=O)N2CCc3sccc3C2)C1. The van der Waals surface area contributed by atoms with Crippen LogP contribution in [0.4, 0.5) is 0 Å². The first-order valence-corrected chi connectivity index (χ1v) is 7.75. The first-order valence-electron chi connectivity index (χ1n) is 6.87. The predicted molar refractivity (Wildman–Crippen MR) is 75.1 cm³/mol. The quantitative estimate of drug-likeness (QED) is 0.901. The molecule has 0 unspecified atom stereocenters. The van der Waals surface area contributed by atoms with Crippen molar-refractivity contribution in [1.29, 1.82) is 0 Å². The van der Waals surface area contributed by atoms with Crippen molar-refractivity contribution >= 4 is 17.2 Å². The number of amides is 1. The minimum absolute atomic E-state index is 0.190. The fourth-order valence-electron chi connectivity index (χ4n) is 2.87. The third kappa shape index (κ3) is 2.55. The van der Waals surface area contributed by atoms with Crippen LogP contribution >= 0.6 is 11.3 Å². The van der Waals surface area contributed by atoms with Crippen LogP contribution in [0.2, 0.25) is 0 Å². The van der Waals surface area contributed by atoms with Crippen molar-refractivity contribution in [2.75, 3.05) is 26.2 Å². The van der Waals surface area contributed by atoms with Gasteiger partial charge < -0.3 is 10.0 Å². The molecule has 0 spiro atoms. The van der Waals surface area contributed by atoms with Crippen LogP contribution in [0.25, 0.3) is 0 Å². The van der Waals surface area contributed by atoms with Gasteiger partial charge in [0.25, 0.3) is 0 Å².